The zero-order chi connectivity index (χ0) is 21.5. The third kappa shape index (κ3) is 5.63. The molecular weight excluding hydrogens is 426 g/mol. The van der Waals surface area contributed by atoms with Gasteiger partial charge in [-0.25, -0.2) is 0 Å². The molecule has 0 saturated carbocycles. The van der Waals surface area contributed by atoms with Crippen LogP contribution in [0, 0.1) is 11.3 Å². The van der Waals surface area contributed by atoms with Crippen LogP contribution < -0.4 is 10.1 Å². The first-order valence-electron chi connectivity index (χ1n) is 8.87. The Morgan fingerprint density at radius 3 is 2.53 bits per heavy atom. The quantitative estimate of drug-likeness (QED) is 0.660. The highest BCUT2D eigenvalue weighted by Crippen LogP contribution is 2.32. The van der Waals surface area contributed by atoms with Crippen LogP contribution in [0.5, 0.6) is 5.75 Å². The molecule has 152 valence electrons. The van der Waals surface area contributed by atoms with Crippen LogP contribution in [0.3, 0.4) is 0 Å². The minimum Gasteiger partial charge on any atom is -0.484 e. The summed E-state index contributed by atoms with van der Waals surface area (Å²) < 4.78 is 5.33. The monoisotopic (exact) mass is 441 g/mol. The molecule has 0 spiro atoms. The van der Waals surface area contributed by atoms with Crippen molar-refractivity contribution in [2.24, 2.45) is 0 Å². The summed E-state index contributed by atoms with van der Waals surface area (Å²) in [6.07, 6.45) is 1.63. The summed E-state index contributed by atoms with van der Waals surface area (Å²) in [5, 5.41) is 11.6. The molecule has 1 aliphatic rings. The fraction of sp³-hybridized carbons (Fsp3) is 0.143. The number of hydrogen-bond donors (Lipinski definition) is 1. The Hall–Kier alpha value is -3.28. The van der Waals surface area contributed by atoms with E-state index in [0.717, 1.165) is 22.2 Å². The molecule has 9 heteroatoms. The van der Waals surface area contributed by atoms with Crippen LogP contribution in [0.4, 0.5) is 4.79 Å². The average Bonchev–Trinajstić information content (AvgIpc) is 3.01. The zero-order valence-corrected chi connectivity index (χ0v) is 17.2. The number of carbonyl (C=O) groups is 3. The maximum Gasteiger partial charge on any atom is 0.293 e. The van der Waals surface area contributed by atoms with E-state index in [9.17, 15) is 14.4 Å². The van der Waals surface area contributed by atoms with Gasteiger partial charge in [-0.2, -0.15) is 5.26 Å². The van der Waals surface area contributed by atoms with Crippen LogP contribution in [0.1, 0.15) is 11.1 Å². The highest BCUT2D eigenvalue weighted by atomic mass is 35.5. The minimum atomic E-state index is -0.400. The van der Waals surface area contributed by atoms with Crippen molar-refractivity contribution >= 4 is 46.5 Å². The number of carbonyl (C=O) groups excluding carboxylic acids is 3. The molecule has 30 heavy (non-hydrogen) atoms. The van der Waals surface area contributed by atoms with E-state index in [1.54, 1.807) is 54.6 Å². The van der Waals surface area contributed by atoms with Gasteiger partial charge in [-0.1, -0.05) is 23.7 Å². The van der Waals surface area contributed by atoms with Crippen molar-refractivity contribution in [1.29, 1.82) is 5.26 Å². The Kier molecular flexibility index (Phi) is 7.12. The van der Waals surface area contributed by atoms with E-state index in [1.807, 2.05) is 6.07 Å². The Balaban J connectivity index is 1.46. The number of benzene rings is 2. The van der Waals surface area contributed by atoms with Gasteiger partial charge in [-0.15, -0.1) is 0 Å². The smallest absolute Gasteiger partial charge is 0.293 e. The number of nitrogens with zero attached hydrogens (tertiary/aromatic N) is 2. The normalized spacial score (nSPS) is 14.7. The Labute approximate surface area is 182 Å². The molecule has 1 fully saturated rings. The SMILES string of the molecule is N#Cc1ccc(OCC(=O)NCCN2C(=O)S/C(=C\c3ccc(Cl)cc3)C2=O)cc1. The summed E-state index contributed by atoms with van der Waals surface area (Å²) in [5.74, 6) is -0.325. The van der Waals surface area contributed by atoms with Gasteiger partial charge in [0.1, 0.15) is 5.75 Å². The molecule has 7 nitrogen and oxygen atoms in total. The molecule has 0 bridgehead atoms. The second-order valence-corrected chi connectivity index (χ2v) is 7.59. The first-order chi connectivity index (χ1) is 14.5. The lowest BCUT2D eigenvalue weighted by Crippen LogP contribution is -2.38. The number of ether oxygens (including phenoxy) is 1. The lowest BCUT2D eigenvalue weighted by molar-refractivity contribution is -0.125. The maximum atomic E-state index is 12.5. The average molecular weight is 442 g/mol. The number of amides is 3. The summed E-state index contributed by atoms with van der Waals surface area (Å²) in [4.78, 5) is 37.9. The van der Waals surface area contributed by atoms with Crippen LogP contribution in [0.15, 0.2) is 53.4 Å². The number of halogens is 1. The van der Waals surface area contributed by atoms with E-state index in [1.165, 1.54) is 0 Å². The van der Waals surface area contributed by atoms with E-state index < -0.39 is 5.91 Å². The molecule has 1 N–H and O–H groups in total. The first-order valence-corrected chi connectivity index (χ1v) is 10.1. The third-order valence-electron chi connectivity index (χ3n) is 4.05. The van der Waals surface area contributed by atoms with Gasteiger partial charge >= 0.3 is 0 Å². The number of rotatable bonds is 7. The van der Waals surface area contributed by atoms with Crippen molar-refractivity contribution in [2.75, 3.05) is 19.7 Å². The molecular formula is C21H16ClN3O4S. The Morgan fingerprint density at radius 2 is 1.87 bits per heavy atom. The van der Waals surface area contributed by atoms with E-state index in [2.05, 4.69) is 5.32 Å². The highest BCUT2D eigenvalue weighted by Gasteiger charge is 2.34. The Bertz CT molecular complexity index is 1030. The van der Waals surface area contributed by atoms with Gasteiger partial charge in [-0.05, 0) is 59.8 Å². The molecule has 0 aliphatic carbocycles. The largest absolute Gasteiger partial charge is 0.484 e. The van der Waals surface area contributed by atoms with Gasteiger partial charge in [0.05, 0.1) is 16.5 Å². The molecule has 3 rings (SSSR count). The number of nitrogens with one attached hydrogen (secondary N) is 1. The lowest BCUT2D eigenvalue weighted by atomic mass is 10.2. The maximum absolute atomic E-state index is 12.5. The minimum absolute atomic E-state index is 0.0607. The van der Waals surface area contributed by atoms with E-state index in [-0.39, 0.29) is 30.8 Å². The van der Waals surface area contributed by atoms with Crippen LogP contribution in [0.2, 0.25) is 5.02 Å². The molecule has 1 heterocycles. The van der Waals surface area contributed by atoms with Crippen molar-refractivity contribution in [1.82, 2.24) is 10.2 Å². The van der Waals surface area contributed by atoms with E-state index >= 15 is 0 Å². The number of nitriles is 1. The fourth-order valence-corrected chi connectivity index (χ4v) is 3.53. The molecule has 0 unspecified atom stereocenters. The lowest BCUT2D eigenvalue weighted by Gasteiger charge is -2.13. The van der Waals surface area contributed by atoms with Crippen molar-refractivity contribution in [3.8, 4) is 11.8 Å². The summed E-state index contributed by atoms with van der Waals surface area (Å²) in [6.45, 7) is -0.0443. The van der Waals surface area contributed by atoms with Gasteiger partial charge in [0, 0.05) is 18.1 Å². The molecule has 1 saturated heterocycles. The van der Waals surface area contributed by atoms with Crippen LogP contribution in [0.25, 0.3) is 6.08 Å². The molecule has 1 aliphatic heterocycles. The predicted octanol–water partition coefficient (Wildman–Crippen LogP) is 3.44. The topological polar surface area (TPSA) is 99.5 Å². The zero-order valence-electron chi connectivity index (χ0n) is 15.6. The van der Waals surface area contributed by atoms with E-state index in [4.69, 9.17) is 21.6 Å². The summed E-state index contributed by atoms with van der Waals surface area (Å²) >= 11 is 6.70. The fourth-order valence-electron chi connectivity index (χ4n) is 2.54. The third-order valence-corrected chi connectivity index (χ3v) is 5.21. The van der Waals surface area contributed by atoms with Crippen LogP contribution in [-0.4, -0.2) is 41.6 Å². The van der Waals surface area contributed by atoms with E-state index in [0.29, 0.717) is 21.2 Å². The van der Waals surface area contributed by atoms with Crippen molar-refractivity contribution < 1.29 is 19.1 Å². The number of hydrogen-bond acceptors (Lipinski definition) is 6. The molecule has 3 amide bonds. The van der Waals surface area contributed by atoms with Crippen molar-refractivity contribution in [2.45, 2.75) is 0 Å². The summed E-state index contributed by atoms with van der Waals surface area (Å²) in [6, 6.07) is 15.3. The Morgan fingerprint density at radius 1 is 1.17 bits per heavy atom. The molecule has 2 aromatic carbocycles. The van der Waals surface area contributed by atoms with Crippen LogP contribution in [-0.2, 0) is 9.59 Å². The second kappa shape index (κ2) is 9.96. The van der Waals surface area contributed by atoms with Gasteiger partial charge in [-0.3, -0.25) is 19.3 Å². The summed E-state index contributed by atoms with van der Waals surface area (Å²) in [7, 11) is 0. The molecule has 0 aromatic heterocycles. The number of imide groups is 1. The molecule has 2 aromatic rings. The standard InChI is InChI=1S/C21H16ClN3O4S/c22-16-5-1-14(2-6-16)11-18-20(27)25(21(28)30-18)10-9-24-19(26)13-29-17-7-3-15(12-23)4-8-17/h1-8,11H,9-10,13H2,(H,24,26)/b18-11-. The highest BCUT2D eigenvalue weighted by molar-refractivity contribution is 8.18. The van der Waals surface area contributed by atoms with Crippen molar-refractivity contribution in [3.63, 3.8) is 0 Å². The van der Waals surface area contributed by atoms with Crippen LogP contribution >= 0.6 is 23.4 Å². The van der Waals surface area contributed by atoms with Gasteiger partial charge in [0.15, 0.2) is 6.61 Å². The number of thioether (sulfide) groups is 1. The second-order valence-electron chi connectivity index (χ2n) is 6.16. The van der Waals surface area contributed by atoms with Gasteiger partial charge in [0.2, 0.25) is 0 Å². The predicted molar refractivity (Wildman–Crippen MR) is 114 cm³/mol. The van der Waals surface area contributed by atoms with Gasteiger partial charge < -0.3 is 10.1 Å². The van der Waals surface area contributed by atoms with Crippen molar-refractivity contribution in [3.05, 3.63) is 69.6 Å². The van der Waals surface area contributed by atoms with Gasteiger partial charge in [0.25, 0.3) is 17.1 Å². The summed E-state index contributed by atoms with van der Waals surface area (Å²) in [5.41, 5.74) is 1.26. The first kappa shape index (κ1) is 21.4. The molecule has 0 atom stereocenters. The molecule has 0 radical (unpaired) electrons.